The van der Waals surface area contributed by atoms with Gasteiger partial charge in [0, 0.05) is 16.2 Å². The second-order valence-corrected chi connectivity index (χ2v) is 8.15. The Labute approximate surface area is 200 Å². The molecule has 0 aliphatic rings. The van der Waals surface area contributed by atoms with Gasteiger partial charge in [-0.1, -0.05) is 52.3 Å². The first-order valence-electron chi connectivity index (χ1n) is 10.3. The number of rotatable bonds is 8. The highest BCUT2D eigenvalue weighted by atomic mass is 79.9. The van der Waals surface area contributed by atoms with Gasteiger partial charge in [-0.15, -0.1) is 0 Å². The molecule has 0 fully saturated rings. The molecule has 1 unspecified atom stereocenters. The SMILES string of the molecule is COc1cc(Br)c(C(O)c2nccc3ccc(OC)c(OCc4ccccc4)c23)cc1OC. The maximum Gasteiger partial charge on any atom is 0.171 e. The maximum atomic E-state index is 11.4. The van der Waals surface area contributed by atoms with Gasteiger partial charge in [-0.3, -0.25) is 4.98 Å². The van der Waals surface area contributed by atoms with E-state index in [2.05, 4.69) is 20.9 Å². The first kappa shape index (κ1) is 22.9. The van der Waals surface area contributed by atoms with E-state index in [1.807, 2.05) is 48.5 Å². The van der Waals surface area contributed by atoms with E-state index >= 15 is 0 Å². The van der Waals surface area contributed by atoms with Crippen LogP contribution in [0.2, 0.25) is 0 Å². The average molecular weight is 510 g/mol. The second kappa shape index (κ2) is 10.1. The Bertz CT molecular complexity index is 1260. The first-order chi connectivity index (χ1) is 16.1. The first-order valence-corrected chi connectivity index (χ1v) is 11.1. The highest BCUT2D eigenvalue weighted by molar-refractivity contribution is 9.10. The molecule has 33 heavy (non-hydrogen) atoms. The summed E-state index contributed by atoms with van der Waals surface area (Å²) in [7, 11) is 4.71. The zero-order chi connectivity index (χ0) is 23.4. The second-order valence-electron chi connectivity index (χ2n) is 7.30. The van der Waals surface area contributed by atoms with E-state index in [9.17, 15) is 5.11 Å². The van der Waals surface area contributed by atoms with Crippen LogP contribution in [-0.2, 0) is 6.61 Å². The van der Waals surface area contributed by atoms with Crippen molar-refractivity contribution in [2.24, 2.45) is 0 Å². The summed E-state index contributed by atoms with van der Waals surface area (Å²) in [6, 6.07) is 19.0. The summed E-state index contributed by atoms with van der Waals surface area (Å²) in [5.74, 6) is 2.15. The van der Waals surface area contributed by atoms with Gasteiger partial charge in [0.15, 0.2) is 23.0 Å². The van der Waals surface area contributed by atoms with Crippen LogP contribution < -0.4 is 18.9 Å². The van der Waals surface area contributed by atoms with E-state index in [-0.39, 0.29) is 0 Å². The Morgan fingerprint density at radius 2 is 1.58 bits per heavy atom. The molecule has 0 aliphatic heterocycles. The fourth-order valence-electron chi connectivity index (χ4n) is 3.71. The van der Waals surface area contributed by atoms with Crippen LogP contribution in [0, 0.1) is 0 Å². The number of aliphatic hydroxyl groups is 1. The third kappa shape index (κ3) is 4.60. The van der Waals surface area contributed by atoms with Crippen molar-refractivity contribution in [1.29, 1.82) is 0 Å². The van der Waals surface area contributed by atoms with Gasteiger partial charge >= 0.3 is 0 Å². The summed E-state index contributed by atoms with van der Waals surface area (Å²) in [5, 5.41) is 13.0. The van der Waals surface area contributed by atoms with Crippen LogP contribution >= 0.6 is 15.9 Å². The van der Waals surface area contributed by atoms with E-state index in [1.165, 1.54) is 0 Å². The van der Waals surface area contributed by atoms with Crippen molar-refractivity contribution in [2.75, 3.05) is 21.3 Å². The number of halogens is 1. The highest BCUT2D eigenvalue weighted by Crippen LogP contribution is 2.43. The van der Waals surface area contributed by atoms with Crippen LogP contribution in [0.1, 0.15) is 22.9 Å². The van der Waals surface area contributed by atoms with Gasteiger partial charge in [-0.2, -0.15) is 0 Å². The van der Waals surface area contributed by atoms with E-state index in [1.54, 1.807) is 39.7 Å². The van der Waals surface area contributed by atoms with Crippen molar-refractivity contribution in [3.63, 3.8) is 0 Å². The Balaban J connectivity index is 1.84. The summed E-state index contributed by atoms with van der Waals surface area (Å²) in [4.78, 5) is 4.53. The zero-order valence-electron chi connectivity index (χ0n) is 18.5. The fourth-order valence-corrected chi connectivity index (χ4v) is 4.25. The minimum absolute atomic E-state index is 0.348. The van der Waals surface area contributed by atoms with Crippen LogP contribution in [0.5, 0.6) is 23.0 Å². The lowest BCUT2D eigenvalue weighted by Crippen LogP contribution is -2.07. The highest BCUT2D eigenvalue weighted by Gasteiger charge is 2.24. The molecule has 4 rings (SSSR count). The van der Waals surface area contributed by atoms with E-state index < -0.39 is 6.10 Å². The molecule has 3 aromatic carbocycles. The Kier molecular flexibility index (Phi) is 7.01. The molecule has 1 aromatic heterocycles. The van der Waals surface area contributed by atoms with Crippen molar-refractivity contribution in [3.8, 4) is 23.0 Å². The minimum atomic E-state index is -1.06. The molecule has 0 amide bonds. The van der Waals surface area contributed by atoms with Crippen LogP contribution in [0.15, 0.2) is 71.3 Å². The molecule has 0 saturated carbocycles. The summed E-state index contributed by atoms with van der Waals surface area (Å²) < 4.78 is 23.3. The van der Waals surface area contributed by atoms with Crippen LogP contribution in [0.4, 0.5) is 0 Å². The fraction of sp³-hybridized carbons (Fsp3) is 0.192. The molecular formula is C26H24BrNO5. The standard InChI is InChI=1S/C26H24BrNO5/c1-30-20-10-9-17-11-12-28-24(23(17)26(20)33-15-16-7-5-4-6-8-16)25(29)18-13-21(31-2)22(32-3)14-19(18)27/h4-14,25,29H,15H2,1-3H3. The third-order valence-corrected chi connectivity index (χ3v) is 6.07. The molecule has 0 aliphatic carbocycles. The van der Waals surface area contributed by atoms with Gasteiger partial charge in [0.1, 0.15) is 12.7 Å². The number of aromatic nitrogens is 1. The lowest BCUT2D eigenvalue weighted by atomic mass is 9.99. The van der Waals surface area contributed by atoms with Gasteiger partial charge in [-0.05, 0) is 35.2 Å². The number of aliphatic hydroxyl groups excluding tert-OH is 1. The quantitative estimate of drug-likeness (QED) is 0.329. The number of hydrogen-bond donors (Lipinski definition) is 1. The van der Waals surface area contributed by atoms with Gasteiger partial charge < -0.3 is 24.1 Å². The van der Waals surface area contributed by atoms with Gasteiger partial charge in [0.25, 0.3) is 0 Å². The predicted octanol–water partition coefficient (Wildman–Crippen LogP) is 5.68. The predicted molar refractivity (Wildman–Crippen MR) is 130 cm³/mol. The molecule has 0 bridgehead atoms. The van der Waals surface area contributed by atoms with E-state index in [0.29, 0.717) is 50.7 Å². The molecule has 4 aromatic rings. The molecular weight excluding hydrogens is 486 g/mol. The van der Waals surface area contributed by atoms with Crippen molar-refractivity contribution < 1.29 is 24.1 Å². The van der Waals surface area contributed by atoms with Crippen molar-refractivity contribution >= 4 is 26.7 Å². The number of benzene rings is 3. The molecule has 1 N–H and O–H groups in total. The topological polar surface area (TPSA) is 70.0 Å². The average Bonchev–Trinajstić information content (AvgIpc) is 2.86. The van der Waals surface area contributed by atoms with Gasteiger partial charge in [0.2, 0.25) is 0 Å². The van der Waals surface area contributed by atoms with Crippen LogP contribution in [-0.4, -0.2) is 31.4 Å². The molecule has 6 nitrogen and oxygen atoms in total. The van der Waals surface area contributed by atoms with Crippen molar-refractivity contribution in [1.82, 2.24) is 4.98 Å². The normalized spacial score (nSPS) is 11.8. The summed E-state index contributed by atoms with van der Waals surface area (Å²) in [5.41, 5.74) is 2.05. The molecule has 1 heterocycles. The summed E-state index contributed by atoms with van der Waals surface area (Å²) >= 11 is 3.54. The van der Waals surface area contributed by atoms with Crippen LogP contribution in [0.3, 0.4) is 0 Å². The lowest BCUT2D eigenvalue weighted by molar-refractivity contribution is 0.214. The van der Waals surface area contributed by atoms with Crippen LogP contribution in [0.25, 0.3) is 10.8 Å². The van der Waals surface area contributed by atoms with Gasteiger partial charge in [0.05, 0.1) is 32.4 Å². The maximum absolute atomic E-state index is 11.4. The number of methoxy groups -OCH3 is 3. The molecule has 0 saturated heterocycles. The Hall–Kier alpha value is -3.29. The summed E-state index contributed by atoms with van der Waals surface area (Å²) in [6.07, 6.45) is 0.609. The summed E-state index contributed by atoms with van der Waals surface area (Å²) in [6.45, 7) is 0.348. The monoisotopic (exact) mass is 509 g/mol. The van der Waals surface area contributed by atoms with E-state index in [0.717, 1.165) is 10.9 Å². The molecule has 7 heteroatoms. The van der Waals surface area contributed by atoms with Crippen molar-refractivity contribution in [2.45, 2.75) is 12.7 Å². The minimum Gasteiger partial charge on any atom is -0.493 e. The zero-order valence-corrected chi connectivity index (χ0v) is 20.1. The number of hydrogen-bond acceptors (Lipinski definition) is 6. The third-order valence-electron chi connectivity index (χ3n) is 5.38. The molecule has 170 valence electrons. The lowest BCUT2D eigenvalue weighted by Gasteiger charge is -2.20. The molecule has 0 radical (unpaired) electrons. The number of pyridine rings is 1. The smallest absolute Gasteiger partial charge is 0.171 e. The Morgan fingerprint density at radius 3 is 2.27 bits per heavy atom. The largest absolute Gasteiger partial charge is 0.493 e. The van der Waals surface area contributed by atoms with E-state index in [4.69, 9.17) is 18.9 Å². The number of ether oxygens (including phenoxy) is 4. The van der Waals surface area contributed by atoms with Gasteiger partial charge in [-0.25, -0.2) is 0 Å². The molecule has 0 spiro atoms. The number of nitrogens with zero attached hydrogens (tertiary/aromatic N) is 1. The van der Waals surface area contributed by atoms with Crippen molar-refractivity contribution in [3.05, 3.63) is 88.2 Å². The Morgan fingerprint density at radius 1 is 0.879 bits per heavy atom. The molecule has 1 atom stereocenters. The number of fused-ring (bicyclic) bond motifs is 1.